The Hall–Kier alpha value is -1.23. The van der Waals surface area contributed by atoms with Gasteiger partial charge in [0.15, 0.2) is 0 Å². The lowest BCUT2D eigenvalue weighted by atomic mass is 10.0. The average Bonchev–Trinajstić information content (AvgIpc) is 2.94. The second-order valence-corrected chi connectivity index (χ2v) is 7.48. The molecule has 4 heteroatoms. The van der Waals surface area contributed by atoms with Crippen LogP contribution in [0.5, 0.6) is 0 Å². The molecule has 0 aliphatic carbocycles. The number of halogens is 1. The first-order valence-electron chi connectivity index (χ1n) is 7.11. The molecule has 0 amide bonds. The Kier molecular flexibility index (Phi) is 4.68. The van der Waals surface area contributed by atoms with Crippen LogP contribution in [-0.2, 0) is 0 Å². The van der Waals surface area contributed by atoms with E-state index in [0.717, 1.165) is 18.5 Å². The highest BCUT2D eigenvalue weighted by Crippen LogP contribution is 2.32. The molecule has 2 heterocycles. The number of benzene rings is 1. The van der Waals surface area contributed by atoms with Gasteiger partial charge in [-0.15, -0.1) is 11.3 Å². The summed E-state index contributed by atoms with van der Waals surface area (Å²) in [5.41, 5.74) is 2.33. The Morgan fingerprint density at radius 2 is 2.14 bits per heavy atom. The van der Waals surface area contributed by atoms with Gasteiger partial charge in [0.05, 0.1) is 15.3 Å². The normalized spacial score (nSPS) is 12.7. The second-order valence-electron chi connectivity index (χ2n) is 4.98. The van der Waals surface area contributed by atoms with Gasteiger partial charge < -0.3 is 5.32 Å². The summed E-state index contributed by atoms with van der Waals surface area (Å²) in [7, 11) is 0. The molecule has 0 radical (unpaired) electrons. The molecule has 1 N–H and O–H groups in total. The molecule has 0 bridgehead atoms. The van der Waals surface area contributed by atoms with E-state index in [1.54, 1.807) is 11.3 Å². The van der Waals surface area contributed by atoms with Gasteiger partial charge in [0.1, 0.15) is 0 Å². The monoisotopic (exact) mass is 360 g/mol. The second kappa shape index (κ2) is 6.69. The van der Waals surface area contributed by atoms with Crippen LogP contribution in [-0.4, -0.2) is 11.5 Å². The van der Waals surface area contributed by atoms with Crippen molar-refractivity contribution in [1.29, 1.82) is 0 Å². The summed E-state index contributed by atoms with van der Waals surface area (Å²) in [5, 5.41) is 4.84. The topological polar surface area (TPSA) is 24.9 Å². The fourth-order valence-corrected chi connectivity index (χ4v) is 3.96. The van der Waals surface area contributed by atoms with Gasteiger partial charge in [-0.1, -0.05) is 19.1 Å². The molecule has 21 heavy (non-hydrogen) atoms. The molecule has 108 valence electrons. The Morgan fingerprint density at radius 1 is 1.24 bits per heavy atom. The summed E-state index contributed by atoms with van der Waals surface area (Å²) in [6, 6.07) is 15.2. The lowest BCUT2D eigenvalue weighted by Gasteiger charge is -2.18. The molecule has 3 aromatic rings. The number of thiophene rings is 1. The molecule has 2 nitrogen and oxygen atoms in total. The Balaban J connectivity index is 2.00. The molecule has 0 aliphatic heterocycles. The van der Waals surface area contributed by atoms with Crippen molar-refractivity contribution < 1.29 is 0 Å². The summed E-state index contributed by atoms with van der Waals surface area (Å²) in [6.45, 7) is 3.20. The zero-order valence-electron chi connectivity index (χ0n) is 11.8. The van der Waals surface area contributed by atoms with Gasteiger partial charge in [-0.2, -0.15) is 0 Å². The largest absolute Gasteiger partial charge is 0.306 e. The van der Waals surface area contributed by atoms with Gasteiger partial charge in [-0.05, 0) is 64.8 Å². The molecule has 0 aliphatic rings. The third-order valence-electron chi connectivity index (χ3n) is 3.44. The molecule has 1 unspecified atom stereocenters. The standard InChI is InChI=1S/C17H17BrN2S/c1-2-9-20-17(15-7-8-16(18)21-15)13-5-6-14-12(11-13)4-3-10-19-14/h3-8,10-11,17,20H,2,9H2,1H3. The van der Waals surface area contributed by atoms with Gasteiger partial charge in [-0.25, -0.2) is 0 Å². The van der Waals surface area contributed by atoms with Crippen molar-refractivity contribution in [3.05, 3.63) is 62.9 Å². The molecule has 0 saturated carbocycles. The molecule has 1 aromatic carbocycles. The zero-order chi connectivity index (χ0) is 14.7. The first-order chi connectivity index (χ1) is 10.3. The summed E-state index contributed by atoms with van der Waals surface area (Å²) in [5.74, 6) is 0. The number of fused-ring (bicyclic) bond motifs is 1. The van der Waals surface area contributed by atoms with Crippen molar-refractivity contribution in [2.24, 2.45) is 0 Å². The predicted octanol–water partition coefficient (Wildman–Crippen LogP) is 5.15. The zero-order valence-corrected chi connectivity index (χ0v) is 14.2. The van der Waals surface area contributed by atoms with Crippen LogP contribution in [0, 0.1) is 0 Å². The maximum Gasteiger partial charge on any atom is 0.0702 e. The van der Waals surface area contributed by atoms with Crippen LogP contribution in [0.4, 0.5) is 0 Å². The fourth-order valence-electron chi connectivity index (χ4n) is 2.43. The van der Waals surface area contributed by atoms with Crippen molar-refractivity contribution in [2.45, 2.75) is 19.4 Å². The van der Waals surface area contributed by atoms with Crippen LogP contribution in [0.3, 0.4) is 0 Å². The van der Waals surface area contributed by atoms with E-state index in [4.69, 9.17) is 0 Å². The van der Waals surface area contributed by atoms with E-state index in [2.05, 4.69) is 69.6 Å². The Bertz CT molecular complexity index is 738. The van der Waals surface area contributed by atoms with E-state index in [-0.39, 0.29) is 6.04 Å². The first kappa shape index (κ1) is 14.7. The third kappa shape index (κ3) is 3.34. The van der Waals surface area contributed by atoms with E-state index in [1.807, 2.05) is 12.3 Å². The molecule has 0 fully saturated rings. The lowest BCUT2D eigenvalue weighted by Crippen LogP contribution is -2.22. The third-order valence-corrected chi connectivity index (χ3v) is 5.13. The number of rotatable bonds is 5. The van der Waals surface area contributed by atoms with Gasteiger partial charge in [0.2, 0.25) is 0 Å². The minimum absolute atomic E-state index is 0.242. The van der Waals surface area contributed by atoms with E-state index in [1.165, 1.54) is 19.6 Å². The number of hydrogen-bond acceptors (Lipinski definition) is 3. The van der Waals surface area contributed by atoms with Crippen molar-refractivity contribution in [3.8, 4) is 0 Å². The molecule has 1 atom stereocenters. The van der Waals surface area contributed by atoms with Crippen molar-refractivity contribution in [3.63, 3.8) is 0 Å². The Labute approximate surface area is 137 Å². The van der Waals surface area contributed by atoms with Gasteiger partial charge in [0.25, 0.3) is 0 Å². The van der Waals surface area contributed by atoms with Crippen LogP contribution in [0.1, 0.15) is 29.8 Å². The van der Waals surface area contributed by atoms with E-state index in [0.29, 0.717) is 0 Å². The highest BCUT2D eigenvalue weighted by molar-refractivity contribution is 9.11. The number of hydrogen-bond donors (Lipinski definition) is 1. The number of nitrogens with one attached hydrogen (secondary N) is 1. The SMILES string of the molecule is CCCNC(c1ccc2ncccc2c1)c1ccc(Br)s1. The van der Waals surface area contributed by atoms with E-state index < -0.39 is 0 Å². The summed E-state index contributed by atoms with van der Waals surface area (Å²) in [6.07, 6.45) is 2.96. The van der Waals surface area contributed by atoms with E-state index in [9.17, 15) is 0 Å². The molecular weight excluding hydrogens is 344 g/mol. The van der Waals surface area contributed by atoms with Gasteiger partial charge in [-0.3, -0.25) is 4.98 Å². The summed E-state index contributed by atoms with van der Waals surface area (Å²) >= 11 is 5.35. The van der Waals surface area contributed by atoms with Crippen molar-refractivity contribution >= 4 is 38.2 Å². The quantitative estimate of drug-likeness (QED) is 0.680. The van der Waals surface area contributed by atoms with Crippen molar-refractivity contribution in [1.82, 2.24) is 10.3 Å². The summed E-state index contributed by atoms with van der Waals surface area (Å²) < 4.78 is 1.17. The van der Waals surface area contributed by atoms with Gasteiger partial charge >= 0.3 is 0 Å². The highest BCUT2D eigenvalue weighted by Gasteiger charge is 2.15. The Morgan fingerprint density at radius 3 is 2.90 bits per heavy atom. The molecular formula is C17H17BrN2S. The van der Waals surface area contributed by atoms with Crippen LogP contribution in [0.15, 0.2) is 52.4 Å². The van der Waals surface area contributed by atoms with Crippen molar-refractivity contribution in [2.75, 3.05) is 6.54 Å². The smallest absolute Gasteiger partial charge is 0.0702 e. The van der Waals surface area contributed by atoms with Crippen LogP contribution in [0.2, 0.25) is 0 Å². The lowest BCUT2D eigenvalue weighted by molar-refractivity contribution is 0.606. The average molecular weight is 361 g/mol. The predicted molar refractivity (Wildman–Crippen MR) is 93.9 cm³/mol. The highest BCUT2D eigenvalue weighted by atomic mass is 79.9. The number of pyridine rings is 1. The molecule has 3 rings (SSSR count). The van der Waals surface area contributed by atoms with Gasteiger partial charge in [0, 0.05) is 16.5 Å². The maximum absolute atomic E-state index is 4.40. The molecule has 2 aromatic heterocycles. The van der Waals surface area contributed by atoms with E-state index >= 15 is 0 Å². The number of nitrogens with zero attached hydrogens (tertiary/aromatic N) is 1. The minimum atomic E-state index is 0.242. The molecule has 0 saturated heterocycles. The minimum Gasteiger partial charge on any atom is -0.306 e. The molecule has 0 spiro atoms. The maximum atomic E-state index is 4.40. The van der Waals surface area contributed by atoms with Crippen LogP contribution in [0.25, 0.3) is 10.9 Å². The first-order valence-corrected chi connectivity index (χ1v) is 8.72. The number of aromatic nitrogens is 1. The van der Waals surface area contributed by atoms with Crippen LogP contribution >= 0.6 is 27.3 Å². The summed E-state index contributed by atoms with van der Waals surface area (Å²) in [4.78, 5) is 5.73. The van der Waals surface area contributed by atoms with Crippen LogP contribution < -0.4 is 5.32 Å². The fraction of sp³-hybridized carbons (Fsp3) is 0.235.